The molecule has 2 amide bonds. The van der Waals surface area contributed by atoms with Crippen LogP contribution in [0.4, 0.5) is 11.4 Å². The second kappa shape index (κ2) is 8.30. The average Bonchev–Trinajstić information content (AvgIpc) is 3.12. The molecule has 2 heterocycles. The van der Waals surface area contributed by atoms with Gasteiger partial charge in [0.05, 0.1) is 19.1 Å². The summed E-state index contributed by atoms with van der Waals surface area (Å²) in [6, 6.07) is 8.30. The number of likely N-dealkylation sites (tertiary alicyclic amines) is 1. The van der Waals surface area contributed by atoms with Crippen LogP contribution in [0.15, 0.2) is 24.3 Å². The summed E-state index contributed by atoms with van der Waals surface area (Å²) in [5.41, 5.74) is 1.94. The third kappa shape index (κ3) is 4.26. The van der Waals surface area contributed by atoms with Gasteiger partial charge < -0.3 is 19.9 Å². The lowest BCUT2D eigenvalue weighted by Gasteiger charge is -2.31. The van der Waals surface area contributed by atoms with Crippen LogP contribution in [0.25, 0.3) is 0 Å². The molecule has 1 aromatic carbocycles. The molecule has 3 fully saturated rings. The zero-order chi connectivity index (χ0) is 18.6. The number of ether oxygens (including phenoxy) is 1. The number of hydrogen-bond acceptors (Lipinski definition) is 4. The van der Waals surface area contributed by atoms with Gasteiger partial charge in [0.25, 0.3) is 0 Å². The Bertz CT molecular complexity index is 664. The van der Waals surface area contributed by atoms with Crippen LogP contribution in [0.3, 0.4) is 0 Å². The van der Waals surface area contributed by atoms with Crippen molar-refractivity contribution in [2.75, 3.05) is 43.1 Å². The molecule has 146 valence electrons. The van der Waals surface area contributed by atoms with Gasteiger partial charge in [0.2, 0.25) is 11.8 Å². The van der Waals surface area contributed by atoms with E-state index in [9.17, 15) is 9.59 Å². The fourth-order valence-corrected chi connectivity index (χ4v) is 4.47. The SMILES string of the molecule is O=C(Nc1ccc(N2CCOCC2)cc1)C1CC(=O)N(C2CCCCC2)C1. The molecule has 2 saturated heterocycles. The number of hydrogen-bond donors (Lipinski definition) is 1. The summed E-state index contributed by atoms with van der Waals surface area (Å²) < 4.78 is 5.39. The van der Waals surface area contributed by atoms with E-state index in [4.69, 9.17) is 4.74 Å². The van der Waals surface area contributed by atoms with E-state index >= 15 is 0 Å². The Labute approximate surface area is 160 Å². The normalized spacial score (nSPS) is 24.3. The third-order valence-corrected chi connectivity index (χ3v) is 6.06. The first-order valence-corrected chi connectivity index (χ1v) is 10.2. The Hall–Kier alpha value is -2.08. The minimum absolute atomic E-state index is 0.0409. The number of carbonyl (C=O) groups is 2. The summed E-state index contributed by atoms with van der Waals surface area (Å²) >= 11 is 0. The molecule has 1 aliphatic carbocycles. The van der Waals surface area contributed by atoms with Crippen molar-refractivity contribution >= 4 is 23.2 Å². The van der Waals surface area contributed by atoms with Gasteiger partial charge in [-0.25, -0.2) is 0 Å². The number of carbonyl (C=O) groups excluding carboxylic acids is 2. The Kier molecular flexibility index (Phi) is 5.62. The molecule has 6 heteroatoms. The Morgan fingerprint density at radius 1 is 1.04 bits per heavy atom. The monoisotopic (exact) mass is 371 g/mol. The van der Waals surface area contributed by atoms with Gasteiger partial charge in [0.15, 0.2) is 0 Å². The minimum atomic E-state index is -0.238. The van der Waals surface area contributed by atoms with Crippen LogP contribution in [0.2, 0.25) is 0 Å². The molecule has 1 N–H and O–H groups in total. The molecular formula is C21H29N3O3. The molecule has 27 heavy (non-hydrogen) atoms. The van der Waals surface area contributed by atoms with Crippen molar-refractivity contribution in [3.8, 4) is 0 Å². The van der Waals surface area contributed by atoms with Gasteiger partial charge in [-0.1, -0.05) is 19.3 Å². The zero-order valence-corrected chi connectivity index (χ0v) is 15.9. The maximum absolute atomic E-state index is 12.7. The van der Waals surface area contributed by atoms with E-state index < -0.39 is 0 Å². The van der Waals surface area contributed by atoms with Crippen molar-refractivity contribution in [1.82, 2.24) is 4.90 Å². The lowest BCUT2D eigenvalue weighted by molar-refractivity contribution is -0.130. The van der Waals surface area contributed by atoms with Crippen molar-refractivity contribution in [1.29, 1.82) is 0 Å². The fourth-order valence-electron chi connectivity index (χ4n) is 4.47. The molecule has 2 aliphatic heterocycles. The van der Waals surface area contributed by atoms with E-state index in [2.05, 4.69) is 10.2 Å². The van der Waals surface area contributed by atoms with Gasteiger partial charge in [0.1, 0.15) is 0 Å². The maximum atomic E-state index is 12.7. The quantitative estimate of drug-likeness (QED) is 0.884. The van der Waals surface area contributed by atoms with Gasteiger partial charge >= 0.3 is 0 Å². The van der Waals surface area contributed by atoms with Crippen LogP contribution in [0, 0.1) is 5.92 Å². The highest BCUT2D eigenvalue weighted by Gasteiger charge is 2.38. The molecular weight excluding hydrogens is 342 g/mol. The van der Waals surface area contributed by atoms with Gasteiger partial charge in [-0.15, -0.1) is 0 Å². The summed E-state index contributed by atoms with van der Waals surface area (Å²) in [4.78, 5) is 29.3. The molecule has 6 nitrogen and oxygen atoms in total. The molecule has 4 rings (SSSR count). The number of rotatable bonds is 4. The van der Waals surface area contributed by atoms with E-state index in [1.807, 2.05) is 29.2 Å². The summed E-state index contributed by atoms with van der Waals surface area (Å²) in [6.07, 6.45) is 6.17. The molecule has 1 atom stereocenters. The van der Waals surface area contributed by atoms with Crippen LogP contribution in [-0.2, 0) is 14.3 Å². The number of morpholine rings is 1. The Morgan fingerprint density at radius 2 is 1.74 bits per heavy atom. The van der Waals surface area contributed by atoms with Gasteiger partial charge in [-0.3, -0.25) is 9.59 Å². The van der Waals surface area contributed by atoms with Crippen LogP contribution in [-0.4, -0.2) is 55.6 Å². The Morgan fingerprint density at radius 3 is 2.44 bits per heavy atom. The minimum Gasteiger partial charge on any atom is -0.378 e. The standard InChI is InChI=1S/C21H29N3O3/c25-20-14-16(15-24(20)19-4-2-1-3-5-19)21(26)22-17-6-8-18(9-7-17)23-10-12-27-13-11-23/h6-9,16,19H,1-5,10-15H2,(H,22,26). The number of amides is 2. The molecule has 0 aromatic heterocycles. The molecule has 0 radical (unpaired) electrons. The number of benzene rings is 1. The number of anilines is 2. The molecule has 3 aliphatic rings. The van der Waals surface area contributed by atoms with Crippen molar-refractivity contribution in [3.63, 3.8) is 0 Å². The van der Waals surface area contributed by atoms with Gasteiger partial charge in [-0.2, -0.15) is 0 Å². The van der Waals surface area contributed by atoms with Crippen molar-refractivity contribution in [3.05, 3.63) is 24.3 Å². The van der Waals surface area contributed by atoms with E-state index in [1.165, 1.54) is 19.3 Å². The summed E-state index contributed by atoms with van der Waals surface area (Å²) in [7, 11) is 0. The van der Waals surface area contributed by atoms with Crippen LogP contribution in [0.5, 0.6) is 0 Å². The molecule has 1 saturated carbocycles. The van der Waals surface area contributed by atoms with E-state index in [1.54, 1.807) is 0 Å². The van der Waals surface area contributed by atoms with E-state index in [0.29, 0.717) is 19.0 Å². The Balaban J connectivity index is 1.33. The first kappa shape index (κ1) is 18.3. The third-order valence-electron chi connectivity index (χ3n) is 6.06. The van der Waals surface area contributed by atoms with Crippen molar-refractivity contribution in [2.45, 2.75) is 44.6 Å². The summed E-state index contributed by atoms with van der Waals surface area (Å²) in [5.74, 6) is -0.135. The lowest BCUT2D eigenvalue weighted by Crippen LogP contribution is -2.38. The van der Waals surface area contributed by atoms with Gasteiger partial charge in [0, 0.05) is 43.5 Å². The van der Waals surface area contributed by atoms with Gasteiger partial charge in [-0.05, 0) is 37.1 Å². The summed E-state index contributed by atoms with van der Waals surface area (Å²) in [6.45, 7) is 3.87. The van der Waals surface area contributed by atoms with Crippen LogP contribution >= 0.6 is 0 Å². The molecule has 0 spiro atoms. The molecule has 1 aromatic rings. The number of nitrogens with one attached hydrogen (secondary N) is 1. The van der Waals surface area contributed by atoms with Crippen molar-refractivity contribution < 1.29 is 14.3 Å². The van der Waals surface area contributed by atoms with Crippen molar-refractivity contribution in [2.24, 2.45) is 5.92 Å². The second-order valence-electron chi connectivity index (χ2n) is 7.87. The highest BCUT2D eigenvalue weighted by Crippen LogP contribution is 2.29. The maximum Gasteiger partial charge on any atom is 0.229 e. The largest absolute Gasteiger partial charge is 0.378 e. The lowest BCUT2D eigenvalue weighted by atomic mass is 9.94. The predicted octanol–water partition coefficient (Wildman–Crippen LogP) is 2.64. The number of nitrogens with zero attached hydrogens (tertiary/aromatic N) is 2. The fraction of sp³-hybridized carbons (Fsp3) is 0.619. The highest BCUT2D eigenvalue weighted by molar-refractivity contribution is 5.97. The van der Waals surface area contributed by atoms with E-state index in [0.717, 1.165) is 50.5 Å². The molecule has 0 bridgehead atoms. The smallest absolute Gasteiger partial charge is 0.229 e. The van der Waals surface area contributed by atoms with E-state index in [-0.39, 0.29) is 17.7 Å². The first-order chi connectivity index (χ1) is 13.2. The van der Waals surface area contributed by atoms with Crippen LogP contribution in [0.1, 0.15) is 38.5 Å². The highest BCUT2D eigenvalue weighted by atomic mass is 16.5. The molecule has 1 unspecified atom stereocenters. The predicted molar refractivity (Wildman–Crippen MR) is 105 cm³/mol. The topological polar surface area (TPSA) is 61.9 Å². The summed E-state index contributed by atoms with van der Waals surface area (Å²) in [5, 5.41) is 3.00. The second-order valence-corrected chi connectivity index (χ2v) is 7.87. The zero-order valence-electron chi connectivity index (χ0n) is 15.9. The van der Waals surface area contributed by atoms with Crippen LogP contribution < -0.4 is 10.2 Å². The average molecular weight is 371 g/mol. The first-order valence-electron chi connectivity index (χ1n) is 10.2.